The third-order valence-corrected chi connectivity index (χ3v) is 0. The fourth-order valence-corrected chi connectivity index (χ4v) is 0. The average Bonchev–Trinajstić information content (AvgIpc) is 0. The summed E-state index contributed by atoms with van der Waals surface area (Å²) < 4.78 is 0. The molecule has 0 aliphatic heterocycles. The zero-order valence-corrected chi connectivity index (χ0v) is 20.3. The van der Waals surface area contributed by atoms with Gasteiger partial charge in [0.05, 0.1) is 0 Å². The molecule has 0 aromatic heterocycles. The van der Waals surface area contributed by atoms with Crippen molar-refractivity contribution in [2.75, 3.05) is 0 Å². The molecule has 0 fully saturated rings. The summed E-state index contributed by atoms with van der Waals surface area (Å²) in [5.41, 5.74) is 0. The topological polar surface area (TPSA) is 122 Å². The molecule has 0 unspecified atom stereocenters. The van der Waals surface area contributed by atoms with Gasteiger partial charge in [0, 0.05) is 65.2 Å². The van der Waals surface area contributed by atoms with Crippen molar-refractivity contribution in [3.05, 3.63) is 24.6 Å². The summed E-state index contributed by atoms with van der Waals surface area (Å²) in [5.74, 6) is 0. The van der Waals surface area contributed by atoms with Gasteiger partial charge in [0.25, 0.3) is 0 Å². The van der Waals surface area contributed by atoms with Gasteiger partial charge in [-0.05, 0) is 0 Å². The standard InChI is InChI=1S/3Hf.4N.3Ti/q3*+4;4*-3;;;. The number of hydrogen-bond acceptors (Lipinski definition) is 0. The minimum absolute atomic E-state index is 0. The van der Waals surface area contributed by atoms with E-state index in [2.05, 4.69) is 0 Å². The van der Waals surface area contributed by atoms with Crippen LogP contribution in [-0.4, -0.2) is 0 Å². The predicted molar refractivity (Wildman–Crippen MR) is 13.4 cm³/mol. The van der Waals surface area contributed by atoms with Crippen LogP contribution in [0.15, 0.2) is 0 Å². The fourth-order valence-electron chi connectivity index (χ4n) is 0. The van der Waals surface area contributed by atoms with Crippen LogP contribution in [0.1, 0.15) is 0 Å². The summed E-state index contributed by atoms with van der Waals surface area (Å²) in [6.45, 7) is 0. The minimum Gasteiger partial charge on any atom is -3.00 e. The average molecular weight is 735 g/mol. The summed E-state index contributed by atoms with van der Waals surface area (Å²) in [7, 11) is 0. The Morgan fingerprint density at radius 3 is 0.300 bits per heavy atom. The Hall–Kier alpha value is 4.59. The van der Waals surface area contributed by atoms with Crippen molar-refractivity contribution >= 4 is 0 Å². The van der Waals surface area contributed by atoms with Crippen LogP contribution in [0.2, 0.25) is 0 Å². The van der Waals surface area contributed by atoms with Crippen LogP contribution < -0.4 is 0 Å². The van der Waals surface area contributed by atoms with E-state index in [1.165, 1.54) is 0 Å². The van der Waals surface area contributed by atoms with Crippen molar-refractivity contribution in [2.45, 2.75) is 0 Å². The zero-order valence-electron chi connectivity index (χ0n) is 4.79. The van der Waals surface area contributed by atoms with E-state index in [0.717, 1.165) is 0 Å². The van der Waals surface area contributed by atoms with E-state index in [4.69, 9.17) is 0 Å². The molecule has 0 spiro atoms. The Bertz CT molecular complexity index is 15.7. The molecule has 10 heteroatoms. The first-order chi connectivity index (χ1) is 0. The summed E-state index contributed by atoms with van der Waals surface area (Å²) in [6.07, 6.45) is 0. The second kappa shape index (κ2) is 102. The van der Waals surface area contributed by atoms with Gasteiger partial charge in [-0.15, -0.1) is 0 Å². The summed E-state index contributed by atoms with van der Waals surface area (Å²) >= 11 is 0. The van der Waals surface area contributed by atoms with Gasteiger partial charge in [-0.2, -0.15) is 0 Å². The molecule has 0 bridgehead atoms. The smallest absolute Gasteiger partial charge is 3.00 e. The maximum atomic E-state index is 0. The van der Waals surface area contributed by atoms with E-state index < -0.39 is 0 Å². The third kappa shape index (κ3) is 80.2. The Balaban J connectivity index is 0. The molecule has 0 amide bonds. The molecule has 0 N–H and O–H groups in total. The quantitative estimate of drug-likeness (QED) is 0.332. The van der Waals surface area contributed by atoms with Crippen LogP contribution in [-0.2, 0) is 143 Å². The predicted octanol–water partition coefficient (Wildman–Crippen LogP) is 1.14. The first kappa shape index (κ1) is 128. The Kier molecular flexibility index (Phi) is 1310. The summed E-state index contributed by atoms with van der Waals surface area (Å²) in [6, 6.07) is 0. The summed E-state index contributed by atoms with van der Waals surface area (Å²) in [4.78, 5) is 0. The molecule has 0 radical (unpaired) electrons. The molecule has 0 aliphatic rings. The van der Waals surface area contributed by atoms with E-state index >= 15 is 0 Å². The molecule has 0 atom stereocenters. The Morgan fingerprint density at radius 2 is 0.300 bits per heavy atom. The van der Waals surface area contributed by atoms with E-state index in [1.807, 2.05) is 0 Å². The molecule has 4 nitrogen and oxygen atoms in total. The van der Waals surface area contributed by atoms with Crippen LogP contribution in [0, 0.1) is 0 Å². The van der Waals surface area contributed by atoms with Gasteiger partial charge < -0.3 is 24.6 Å². The molecule has 44 valence electrons. The van der Waals surface area contributed by atoms with Gasteiger partial charge in [-0.1, -0.05) is 0 Å². The maximum Gasteiger partial charge on any atom is 4.00 e. The molecule has 0 aliphatic carbocycles. The van der Waals surface area contributed by atoms with E-state index in [-0.39, 0.29) is 167 Å². The van der Waals surface area contributed by atoms with Crippen molar-refractivity contribution in [1.29, 1.82) is 0 Å². The minimum atomic E-state index is 0. The van der Waals surface area contributed by atoms with Crippen LogP contribution >= 0.6 is 0 Å². The van der Waals surface area contributed by atoms with E-state index in [9.17, 15) is 0 Å². The zero-order chi connectivity index (χ0) is 0. The number of hydrogen-bond donors (Lipinski definition) is 0. The normalized spacial score (nSPS) is 0. The van der Waals surface area contributed by atoms with Crippen molar-refractivity contribution in [3.8, 4) is 0 Å². The molecule has 10 heavy (non-hydrogen) atoms. The van der Waals surface area contributed by atoms with E-state index in [0.29, 0.717) is 0 Å². The monoisotopic (exact) mass is 740 g/mol. The first-order valence-corrected chi connectivity index (χ1v) is 0. The summed E-state index contributed by atoms with van der Waals surface area (Å²) in [5, 5.41) is 0. The maximum absolute atomic E-state index is 0. The Morgan fingerprint density at radius 1 is 0.300 bits per heavy atom. The van der Waals surface area contributed by atoms with Crippen LogP contribution in [0.25, 0.3) is 24.6 Å². The first-order valence-electron chi connectivity index (χ1n) is 0. The second-order valence-electron chi connectivity index (χ2n) is 0. The van der Waals surface area contributed by atoms with E-state index in [1.54, 1.807) is 0 Å². The fraction of sp³-hybridized carbons (Fsp3) is 0. The SMILES string of the molecule is [Hf+4].[Hf+4].[Hf+4].[N-3].[N-3].[N-3].[N-3].[Ti].[Ti].[Ti]. The van der Waals surface area contributed by atoms with Crippen molar-refractivity contribution in [2.24, 2.45) is 0 Å². The van der Waals surface area contributed by atoms with Crippen LogP contribution in [0.3, 0.4) is 0 Å². The molecule has 0 aromatic carbocycles. The number of rotatable bonds is 0. The largest absolute Gasteiger partial charge is 4.00 e. The third-order valence-electron chi connectivity index (χ3n) is 0. The van der Waals surface area contributed by atoms with Gasteiger partial charge in [-0.3, -0.25) is 0 Å². The molecule has 0 saturated carbocycles. The molecule has 0 rings (SSSR count). The van der Waals surface area contributed by atoms with Gasteiger partial charge in [0.15, 0.2) is 0 Å². The van der Waals surface area contributed by atoms with Gasteiger partial charge in [0.1, 0.15) is 0 Å². The Labute approximate surface area is 164 Å². The number of nitrogens with zero attached hydrogens (tertiary/aromatic N) is 4. The van der Waals surface area contributed by atoms with Gasteiger partial charge >= 0.3 is 77.5 Å². The molecular weight excluding hydrogens is 735 g/mol. The van der Waals surface area contributed by atoms with Crippen LogP contribution in [0.5, 0.6) is 0 Å². The molecule has 0 saturated heterocycles. The molecular formula is Hf3N4Ti3. The van der Waals surface area contributed by atoms with Gasteiger partial charge in [-0.25, -0.2) is 0 Å². The van der Waals surface area contributed by atoms with Crippen LogP contribution in [0.4, 0.5) is 0 Å². The molecule has 0 aromatic rings. The second-order valence-corrected chi connectivity index (χ2v) is 0. The van der Waals surface area contributed by atoms with Gasteiger partial charge in [0.2, 0.25) is 0 Å². The van der Waals surface area contributed by atoms with Crippen molar-refractivity contribution in [1.82, 2.24) is 0 Å². The van der Waals surface area contributed by atoms with Crippen molar-refractivity contribution in [3.63, 3.8) is 0 Å². The van der Waals surface area contributed by atoms with Crippen molar-refractivity contribution < 1.29 is 143 Å². The molecule has 0 heterocycles.